The molecule has 0 unspecified atom stereocenters. The van der Waals surface area contributed by atoms with Gasteiger partial charge in [0.05, 0.1) is 32.2 Å². The Morgan fingerprint density at radius 2 is 1.11 bits per heavy atom. The van der Waals surface area contributed by atoms with E-state index in [1.807, 2.05) is 20.8 Å². The van der Waals surface area contributed by atoms with Crippen LogP contribution in [0.2, 0.25) is 0 Å². The first-order valence-electron chi connectivity index (χ1n) is 47.3. The van der Waals surface area contributed by atoms with E-state index in [4.69, 9.17) is 28.4 Å². The van der Waals surface area contributed by atoms with Crippen LogP contribution in [0.4, 0.5) is 0 Å². The Morgan fingerprint density at radius 1 is 0.622 bits per heavy atom. The quantitative estimate of drug-likeness (QED) is 0.0414. The van der Waals surface area contributed by atoms with E-state index in [-0.39, 0.29) is 83.0 Å². The summed E-state index contributed by atoms with van der Waals surface area (Å²) >= 11 is 0. The van der Waals surface area contributed by atoms with E-state index in [1.165, 1.54) is 172 Å². The number of phenols is 2. The second-order valence-electron chi connectivity index (χ2n) is 44.8. The number of hydrogen-bond acceptors (Lipinski definition) is 13. The van der Waals surface area contributed by atoms with Gasteiger partial charge in [-0.05, 0) is 362 Å². The normalized spacial score (nSPS) is 39.4. The number of ether oxygens (including phenoxy) is 6. The molecule has 1 aliphatic heterocycles. The molecule has 3 N–H and O–H groups in total. The molecule has 119 heavy (non-hydrogen) atoms. The third-order valence-corrected chi connectivity index (χ3v) is 37.6. The number of aliphatic hydroxyl groups excluding tert-OH is 1. The van der Waals surface area contributed by atoms with Crippen molar-refractivity contribution in [1.29, 1.82) is 0 Å². The molecule has 4 spiro atoms. The lowest BCUT2D eigenvalue weighted by Gasteiger charge is -2.63. The Hall–Kier alpha value is -6.08. The average Bonchev–Trinajstić information content (AvgIpc) is 1.47. The highest BCUT2D eigenvalue weighted by atomic mass is 16.6. The molecule has 11 fully saturated rings. The number of fused-ring (bicyclic) bond motifs is 5. The number of phenolic OH excluding ortho intramolecular Hbond substituents is 2. The second kappa shape index (κ2) is 34.1. The third-order valence-electron chi connectivity index (χ3n) is 37.6. The van der Waals surface area contributed by atoms with Gasteiger partial charge in [0, 0.05) is 35.3 Å². The van der Waals surface area contributed by atoms with E-state index < -0.39 is 11.5 Å². The number of rotatable bonds is 23. The van der Waals surface area contributed by atoms with Crippen LogP contribution >= 0.6 is 0 Å². The van der Waals surface area contributed by atoms with Gasteiger partial charge in [-0.1, -0.05) is 158 Å². The van der Waals surface area contributed by atoms with Crippen LogP contribution in [0.25, 0.3) is 12.2 Å². The maximum absolute atomic E-state index is 13.1. The predicted octanol–water partition coefficient (Wildman–Crippen LogP) is 25.1. The van der Waals surface area contributed by atoms with Gasteiger partial charge in [0.15, 0.2) is 23.0 Å². The van der Waals surface area contributed by atoms with E-state index in [0.717, 1.165) is 85.2 Å². The van der Waals surface area contributed by atoms with Crippen LogP contribution < -0.4 is 9.47 Å². The Bertz CT molecular complexity index is 4220. The predicted molar refractivity (Wildman–Crippen MR) is 477 cm³/mol. The van der Waals surface area contributed by atoms with E-state index in [2.05, 4.69) is 142 Å². The van der Waals surface area contributed by atoms with Crippen LogP contribution in [0.1, 0.15) is 322 Å². The van der Waals surface area contributed by atoms with Gasteiger partial charge in [-0.2, -0.15) is 0 Å². The lowest BCUT2D eigenvalue weighted by Crippen LogP contribution is -2.58. The number of hydrogen-bond donors (Lipinski definition) is 3. The topological polar surface area (TPSA) is 184 Å². The molecule has 2 aromatic rings. The first kappa shape index (κ1) is 90.6. The molecule has 658 valence electrons. The molecule has 25 atom stereocenters. The van der Waals surface area contributed by atoms with Crippen LogP contribution in [0, 0.1) is 136 Å². The van der Waals surface area contributed by atoms with Gasteiger partial charge in [0.25, 0.3) is 0 Å². The van der Waals surface area contributed by atoms with Crippen molar-refractivity contribution in [3.8, 4) is 23.0 Å². The maximum atomic E-state index is 13.1. The van der Waals surface area contributed by atoms with Crippen molar-refractivity contribution in [3.05, 3.63) is 107 Å². The SMILES string of the molecule is C=C(CC[C@@H](C)[C@H]1CC[C@@]2(C)[C@@H]3CC[C@H]4C(C)(C)[C@@H](OC(=O)/C=C/c5ccc(O)c(OC)c5)CC[C@@]45C[C@@]35CC[C@]12C)C(C)C.CCC(C)(C)C(=O)O[C@H]1C[C@@H](C)C=C2C=C[C@H](C)[C@H](CC[C@@H]3C[C@@H](O)CC(=O)O3)[C@H]21.COc1cc(/C=C/C(=O)O[C@H]2CC[C@]34C[C@]35CC[C@]3(C)[C@@H]([C@H](C)CCC=C(C)C)CC[C@@]3(C)[C@@H]5CC[C@H]4C2(C)C)ccc1O. The van der Waals surface area contributed by atoms with Crippen molar-refractivity contribution in [1.82, 2.24) is 0 Å². The minimum absolute atomic E-state index is 0.0305. The van der Waals surface area contributed by atoms with Gasteiger partial charge in [-0.25, -0.2) is 9.59 Å². The number of aliphatic hydroxyl groups is 1. The summed E-state index contributed by atoms with van der Waals surface area (Å²) in [7, 11) is 3.05. The van der Waals surface area contributed by atoms with Crippen molar-refractivity contribution >= 4 is 36.0 Å². The molecule has 10 saturated carbocycles. The molecule has 1 saturated heterocycles. The average molecular weight is 1640 g/mol. The van der Waals surface area contributed by atoms with Gasteiger partial charge in [-0.15, -0.1) is 0 Å². The standard InChI is InChI=1S/C41H60O4.C40H58O4.C25H38O5/c1-26(2)27(3)10-11-28(4)30-18-20-39(8)34-16-15-33-37(5,6)35(19-21-40(33)25-41(34,40)23-22-38(30,39)7)45-36(43)17-13-29-12-14-31(42)32(24-29)44-9;1-26(2)10-9-11-27(3)29-18-20-38(7)33-16-15-32-36(4,5)34(19-21-39(32)25-40(33,39)23-22-37(29,38)6)44-35(42)17-13-28-12-14-30(41)31(24-28)43-8;1-6-25(4,5)24(28)30-21-12-15(2)11-17-8-7-16(3)20(23(17)21)10-9-19-13-18(26)14-22(27)29-19/h12-14,17,24,26,28,30,33-35,42H,3,10-11,15-16,18-23,25H2,1-2,4-9H3;10,12-14,17,24,27,29,32-34,41H,9,11,15-16,18-23,25H2,1-8H3;7-8,11,15-16,18-21,23,26H,6,9-10,12-14H2,1-5H3/b2*17-13+;/t28-,30-,33+,34+,35+,38-,39+,40-,41+;27-,29-,32+,33+,34+,37-,38+,39-,40+;15-,16-,18+,19+,20-,21-,23-/m110/s1. The maximum Gasteiger partial charge on any atom is 0.331 e. The molecule has 0 amide bonds. The second-order valence-corrected chi connectivity index (χ2v) is 44.8. The monoisotopic (exact) mass is 1640 g/mol. The van der Waals surface area contributed by atoms with Gasteiger partial charge in [0.1, 0.15) is 24.4 Å². The van der Waals surface area contributed by atoms with Crippen molar-refractivity contribution in [2.24, 2.45) is 136 Å². The molecule has 12 aliphatic carbocycles. The highest BCUT2D eigenvalue weighted by Gasteiger charge is 2.84. The number of benzene rings is 2. The fourth-order valence-corrected chi connectivity index (χ4v) is 30.1. The summed E-state index contributed by atoms with van der Waals surface area (Å²) < 4.78 is 34.5. The van der Waals surface area contributed by atoms with E-state index >= 15 is 0 Å². The Labute approximate surface area is 717 Å². The third kappa shape index (κ3) is 16.3. The lowest BCUT2D eigenvalue weighted by atomic mass is 9.41. The zero-order chi connectivity index (χ0) is 86.3. The van der Waals surface area contributed by atoms with Gasteiger partial charge < -0.3 is 43.7 Å². The summed E-state index contributed by atoms with van der Waals surface area (Å²) in [6.07, 6.45) is 47.2. The highest BCUT2D eigenvalue weighted by Crippen LogP contribution is 2.91. The summed E-state index contributed by atoms with van der Waals surface area (Å²) in [6, 6.07) is 10.2. The zero-order valence-electron chi connectivity index (χ0n) is 77.4. The van der Waals surface area contributed by atoms with Crippen molar-refractivity contribution in [2.45, 2.75) is 342 Å². The van der Waals surface area contributed by atoms with Crippen LogP contribution in [0.3, 0.4) is 0 Å². The number of carbonyl (C=O) groups is 4. The van der Waals surface area contributed by atoms with Crippen molar-refractivity contribution in [2.75, 3.05) is 14.2 Å². The molecule has 1 heterocycles. The number of allylic oxidation sites excluding steroid dienone is 6. The number of methoxy groups -OCH3 is 2. The Balaban J connectivity index is 0.000000158. The fourth-order valence-electron chi connectivity index (χ4n) is 30.1. The Morgan fingerprint density at radius 3 is 1.58 bits per heavy atom. The van der Waals surface area contributed by atoms with Crippen LogP contribution in [0.15, 0.2) is 96.2 Å². The molecular formula is C106H156O13. The van der Waals surface area contributed by atoms with E-state index in [0.29, 0.717) is 96.7 Å². The molecule has 13 heteroatoms. The molecule has 15 rings (SSSR count). The van der Waals surface area contributed by atoms with Crippen LogP contribution in [-0.2, 0) is 38.1 Å². The molecule has 0 aromatic heterocycles. The zero-order valence-corrected chi connectivity index (χ0v) is 77.4. The number of cyclic esters (lactones) is 1. The summed E-state index contributed by atoms with van der Waals surface area (Å²) in [4.78, 5) is 50.7. The number of carbonyl (C=O) groups excluding carboxylic acids is 4. The highest BCUT2D eigenvalue weighted by molar-refractivity contribution is 5.88. The van der Waals surface area contributed by atoms with Crippen LogP contribution in [0.5, 0.6) is 23.0 Å². The molecule has 2 aromatic carbocycles. The summed E-state index contributed by atoms with van der Waals surface area (Å²) in [5.74, 6) is 7.94. The first-order chi connectivity index (χ1) is 56.0. The Kier molecular flexibility index (Phi) is 26.0. The molecule has 0 radical (unpaired) electrons. The molecule has 13 aliphatic rings. The first-order valence-corrected chi connectivity index (χ1v) is 47.3. The fraction of sp³-hybridized carbons (Fsp3) is 0.736. The lowest BCUT2D eigenvalue weighted by molar-refractivity contribution is -0.179. The summed E-state index contributed by atoms with van der Waals surface area (Å²) in [5, 5.41) is 29.7. The summed E-state index contributed by atoms with van der Waals surface area (Å²) in [6.45, 7) is 49.3. The van der Waals surface area contributed by atoms with Crippen LogP contribution in [-0.4, -0.2) is 83.9 Å². The van der Waals surface area contributed by atoms with Crippen molar-refractivity contribution < 1.29 is 62.9 Å². The minimum Gasteiger partial charge on any atom is -0.504 e. The van der Waals surface area contributed by atoms with E-state index in [9.17, 15) is 34.5 Å². The largest absolute Gasteiger partial charge is 0.504 e. The number of esters is 4. The minimum atomic E-state index is -0.601. The van der Waals surface area contributed by atoms with E-state index in [1.54, 1.807) is 48.6 Å². The molecule has 13 nitrogen and oxygen atoms in total. The smallest absolute Gasteiger partial charge is 0.331 e. The molecule has 0 bridgehead atoms. The van der Waals surface area contributed by atoms with Gasteiger partial charge in [-0.3, -0.25) is 9.59 Å². The van der Waals surface area contributed by atoms with Gasteiger partial charge in [0.2, 0.25) is 0 Å². The van der Waals surface area contributed by atoms with Crippen molar-refractivity contribution in [3.63, 3.8) is 0 Å². The summed E-state index contributed by atoms with van der Waals surface area (Å²) in [5.41, 5.74) is 8.85. The molecular weight excluding hydrogens is 1480 g/mol. The number of aromatic hydroxyl groups is 2. The van der Waals surface area contributed by atoms with Gasteiger partial charge >= 0.3 is 23.9 Å².